The number of ether oxygens (including phenoxy) is 1. The summed E-state index contributed by atoms with van der Waals surface area (Å²) in [6.45, 7) is 6.91. The van der Waals surface area contributed by atoms with E-state index in [0.717, 1.165) is 23.4 Å². The van der Waals surface area contributed by atoms with E-state index in [9.17, 15) is 14.0 Å². The number of likely N-dealkylation sites (tertiary alicyclic amines) is 1. The fourth-order valence-electron chi connectivity index (χ4n) is 5.69. The van der Waals surface area contributed by atoms with Crippen LogP contribution < -0.4 is 10.1 Å². The van der Waals surface area contributed by atoms with Crippen molar-refractivity contribution in [2.24, 2.45) is 11.8 Å². The maximum Gasteiger partial charge on any atom is 0.274 e. The summed E-state index contributed by atoms with van der Waals surface area (Å²) >= 11 is 1.39. The van der Waals surface area contributed by atoms with E-state index in [1.807, 2.05) is 37.8 Å². The maximum absolute atomic E-state index is 13.9. The van der Waals surface area contributed by atoms with Crippen molar-refractivity contribution in [3.63, 3.8) is 0 Å². The highest BCUT2D eigenvalue weighted by molar-refractivity contribution is 7.15. The molecule has 1 saturated heterocycles. The molecule has 36 heavy (non-hydrogen) atoms. The van der Waals surface area contributed by atoms with E-state index in [0.29, 0.717) is 52.4 Å². The van der Waals surface area contributed by atoms with E-state index < -0.39 is 0 Å². The first kappa shape index (κ1) is 23.2. The van der Waals surface area contributed by atoms with Crippen molar-refractivity contribution in [1.29, 1.82) is 0 Å². The number of carbonyl (C=O) groups excluding carboxylic acids is 2. The number of amides is 2. The van der Waals surface area contributed by atoms with Gasteiger partial charge in [-0.15, -0.1) is 11.3 Å². The molecular weight excluding hydrogens is 477 g/mol. The molecule has 1 aromatic heterocycles. The third-order valence-electron chi connectivity index (χ3n) is 7.39. The zero-order chi connectivity index (χ0) is 25.2. The van der Waals surface area contributed by atoms with Crippen molar-refractivity contribution >= 4 is 23.2 Å². The van der Waals surface area contributed by atoms with Crippen molar-refractivity contribution < 1.29 is 18.7 Å². The van der Waals surface area contributed by atoms with Gasteiger partial charge in [0.05, 0.1) is 21.5 Å². The minimum atomic E-state index is -0.347. The molecule has 3 aromatic rings. The quantitative estimate of drug-likeness (QED) is 0.538. The van der Waals surface area contributed by atoms with Gasteiger partial charge in [-0.25, -0.2) is 9.37 Å². The number of hydrogen-bond donors (Lipinski definition) is 1. The van der Waals surface area contributed by atoms with Gasteiger partial charge in [-0.2, -0.15) is 0 Å². The summed E-state index contributed by atoms with van der Waals surface area (Å²) in [4.78, 5) is 33.9. The Morgan fingerprint density at radius 2 is 2.06 bits per heavy atom. The number of thiazole rings is 1. The molecule has 2 amide bonds. The first-order valence-electron chi connectivity index (χ1n) is 12.3. The normalized spacial score (nSPS) is 23.1. The van der Waals surface area contributed by atoms with Crippen molar-refractivity contribution in [2.75, 3.05) is 13.1 Å². The summed E-state index contributed by atoms with van der Waals surface area (Å²) in [5.74, 6) is 0.796. The zero-order valence-corrected chi connectivity index (χ0v) is 21.3. The summed E-state index contributed by atoms with van der Waals surface area (Å²) in [5.41, 5.74) is 2.25. The van der Waals surface area contributed by atoms with Gasteiger partial charge in [0.15, 0.2) is 0 Å². The summed E-state index contributed by atoms with van der Waals surface area (Å²) < 4.78 is 20.0. The lowest BCUT2D eigenvalue weighted by molar-refractivity contribution is 0.0689. The lowest BCUT2D eigenvalue weighted by atomic mass is 10.0. The van der Waals surface area contributed by atoms with E-state index in [1.165, 1.54) is 23.5 Å². The van der Waals surface area contributed by atoms with Crippen molar-refractivity contribution in [3.05, 3.63) is 70.1 Å². The highest BCUT2D eigenvalue weighted by atomic mass is 32.1. The van der Waals surface area contributed by atoms with Crippen molar-refractivity contribution in [1.82, 2.24) is 15.2 Å². The minimum absolute atomic E-state index is 0.0945. The second-order valence-electron chi connectivity index (χ2n) is 10.6. The Bertz CT molecular complexity index is 1380. The molecule has 3 aliphatic rings. The Kier molecular flexibility index (Phi) is 5.41. The predicted molar refractivity (Wildman–Crippen MR) is 136 cm³/mol. The molecule has 3 heterocycles. The number of para-hydroxylation sites is 1. The Labute approximate surface area is 213 Å². The number of aromatic nitrogens is 1. The van der Waals surface area contributed by atoms with Gasteiger partial charge < -0.3 is 15.0 Å². The lowest BCUT2D eigenvalue weighted by Gasteiger charge is -2.27. The molecule has 1 aliphatic carbocycles. The number of piperidine rings is 1. The third kappa shape index (κ3) is 4.07. The molecule has 3 atom stereocenters. The molecule has 2 aromatic carbocycles. The first-order valence-corrected chi connectivity index (χ1v) is 13.2. The average molecular weight is 506 g/mol. The maximum atomic E-state index is 13.9. The second-order valence-corrected chi connectivity index (χ2v) is 11.9. The summed E-state index contributed by atoms with van der Waals surface area (Å²) in [7, 11) is 0. The molecule has 0 radical (unpaired) electrons. The van der Waals surface area contributed by atoms with E-state index in [2.05, 4.69) is 10.3 Å². The van der Waals surface area contributed by atoms with Crippen LogP contribution in [-0.4, -0.2) is 46.4 Å². The molecule has 1 saturated carbocycles. The van der Waals surface area contributed by atoms with Crippen molar-refractivity contribution in [2.45, 2.75) is 45.3 Å². The molecule has 6 nitrogen and oxygen atoms in total. The van der Waals surface area contributed by atoms with E-state index in [-0.39, 0.29) is 29.3 Å². The zero-order valence-electron chi connectivity index (χ0n) is 20.5. The van der Waals surface area contributed by atoms with Crippen molar-refractivity contribution in [3.8, 4) is 16.2 Å². The Morgan fingerprint density at radius 3 is 2.86 bits per heavy atom. The summed E-state index contributed by atoms with van der Waals surface area (Å²) in [5, 5.41) is 3.83. The minimum Gasteiger partial charge on any atom is -0.486 e. The molecule has 0 spiro atoms. The van der Waals surface area contributed by atoms with Crippen LogP contribution in [0.25, 0.3) is 10.4 Å². The van der Waals surface area contributed by atoms with Gasteiger partial charge in [-0.1, -0.05) is 24.3 Å². The van der Waals surface area contributed by atoms with Crippen LogP contribution in [0.2, 0.25) is 0 Å². The van der Waals surface area contributed by atoms with E-state index in [1.54, 1.807) is 18.2 Å². The van der Waals surface area contributed by atoms with Crippen LogP contribution >= 0.6 is 11.3 Å². The van der Waals surface area contributed by atoms with Crippen LogP contribution in [0.1, 0.15) is 51.7 Å². The number of halogens is 1. The fraction of sp³-hybridized carbons (Fsp3) is 0.393. The molecule has 0 bridgehead atoms. The number of rotatable bonds is 5. The van der Waals surface area contributed by atoms with Gasteiger partial charge in [0.2, 0.25) is 0 Å². The SMILES string of the molecule is Cc1nc(C(=O)N2C[C@H]3C[C@H]3[C@H]2CNC(=O)c2cccc3c2OC(C)(C)C3)c(-c2cccc(F)c2)s1. The second kappa shape index (κ2) is 8.40. The Morgan fingerprint density at radius 1 is 1.25 bits per heavy atom. The van der Waals surface area contributed by atoms with Gasteiger partial charge in [-0.3, -0.25) is 9.59 Å². The Hall–Kier alpha value is -3.26. The highest BCUT2D eigenvalue weighted by Gasteiger charge is 2.54. The van der Waals surface area contributed by atoms with Gasteiger partial charge in [0.25, 0.3) is 11.8 Å². The Balaban J connectivity index is 1.21. The first-order chi connectivity index (χ1) is 17.2. The van der Waals surface area contributed by atoms with Gasteiger partial charge in [0.1, 0.15) is 22.9 Å². The van der Waals surface area contributed by atoms with Crippen LogP contribution in [0.5, 0.6) is 5.75 Å². The van der Waals surface area contributed by atoms with Gasteiger partial charge in [0, 0.05) is 19.5 Å². The number of aryl methyl sites for hydroxylation is 1. The molecule has 1 N–H and O–H groups in total. The van der Waals surface area contributed by atoms with E-state index >= 15 is 0 Å². The number of fused-ring (bicyclic) bond motifs is 2. The van der Waals surface area contributed by atoms with Crippen LogP contribution in [0.3, 0.4) is 0 Å². The average Bonchev–Trinajstić information content (AvgIpc) is 3.17. The van der Waals surface area contributed by atoms with Crippen LogP contribution in [0.15, 0.2) is 42.5 Å². The smallest absolute Gasteiger partial charge is 0.274 e. The number of nitrogens with one attached hydrogen (secondary N) is 1. The molecule has 2 fully saturated rings. The molecule has 6 rings (SSSR count). The standard InChI is InChI=1S/C28H28FN3O3S/c1-15-31-23(25(36-15)16-6-4-8-19(29)10-16)27(34)32-14-18-11-21(18)22(32)13-30-26(33)20-9-5-7-17-12-28(2,3)35-24(17)20/h4-10,18,21-22H,11-14H2,1-3H3,(H,30,33)/t18-,21-,22-/m1/s1. The summed E-state index contributed by atoms with van der Waals surface area (Å²) in [6.07, 6.45) is 1.83. The number of benzene rings is 2. The highest BCUT2D eigenvalue weighted by Crippen LogP contribution is 2.50. The topological polar surface area (TPSA) is 71.5 Å². The predicted octanol–water partition coefficient (Wildman–Crippen LogP) is 4.86. The molecule has 8 heteroatoms. The fourth-order valence-corrected chi connectivity index (χ4v) is 6.59. The largest absolute Gasteiger partial charge is 0.486 e. The van der Waals surface area contributed by atoms with E-state index in [4.69, 9.17) is 4.74 Å². The van der Waals surface area contributed by atoms with Gasteiger partial charge >= 0.3 is 0 Å². The van der Waals surface area contributed by atoms with Crippen LogP contribution in [-0.2, 0) is 6.42 Å². The number of carbonyl (C=O) groups is 2. The lowest BCUT2D eigenvalue weighted by Crippen LogP contribution is -2.45. The molecule has 2 aliphatic heterocycles. The summed E-state index contributed by atoms with van der Waals surface area (Å²) in [6, 6.07) is 11.8. The number of nitrogens with zero attached hydrogens (tertiary/aromatic N) is 2. The van der Waals surface area contributed by atoms with Gasteiger partial charge in [-0.05, 0) is 68.4 Å². The molecule has 186 valence electrons. The monoisotopic (exact) mass is 505 g/mol. The molecular formula is C28H28FN3O3S. The number of hydrogen-bond acceptors (Lipinski definition) is 5. The molecule has 0 unspecified atom stereocenters. The van der Waals surface area contributed by atoms with Crippen LogP contribution in [0, 0.1) is 24.6 Å². The third-order valence-corrected chi connectivity index (χ3v) is 8.41. The van der Waals surface area contributed by atoms with Crippen LogP contribution in [0.4, 0.5) is 4.39 Å².